The van der Waals surface area contributed by atoms with Gasteiger partial charge in [0.1, 0.15) is 0 Å². The summed E-state index contributed by atoms with van der Waals surface area (Å²) < 4.78 is 0. The number of aromatic nitrogens is 1. The van der Waals surface area contributed by atoms with E-state index in [2.05, 4.69) is 20.9 Å². The van der Waals surface area contributed by atoms with Gasteiger partial charge in [-0.15, -0.1) is 11.3 Å². The molecular formula is C17H20N4O3S. The average molecular weight is 360 g/mol. The van der Waals surface area contributed by atoms with Gasteiger partial charge >= 0.3 is 0 Å². The Bertz CT molecular complexity index is 768. The number of benzene rings is 1. The minimum Gasteiger partial charge on any atom is -0.326 e. The van der Waals surface area contributed by atoms with Crippen molar-refractivity contribution in [2.75, 3.05) is 16.0 Å². The average Bonchev–Trinajstić information content (AvgIpc) is 2.95. The molecule has 25 heavy (non-hydrogen) atoms. The van der Waals surface area contributed by atoms with Crippen LogP contribution in [-0.4, -0.2) is 22.7 Å². The Morgan fingerprint density at radius 2 is 1.64 bits per heavy atom. The summed E-state index contributed by atoms with van der Waals surface area (Å²) in [4.78, 5) is 38.9. The Balaban J connectivity index is 1.89. The Labute approximate surface area is 149 Å². The lowest BCUT2D eigenvalue weighted by Crippen LogP contribution is -2.18. The lowest BCUT2D eigenvalue weighted by Gasteiger charge is -2.06. The van der Waals surface area contributed by atoms with Crippen LogP contribution in [0.5, 0.6) is 0 Å². The standard InChI is InChI=1S/C17H20N4O3S/c1-10(2)16(24)21-17-20-14(9-25-17)8-15(23)19-13-6-4-12(5-7-13)18-11(3)22/h4-7,9-10H,8H2,1-3H3,(H,18,22)(H,19,23)(H,20,21,24). The third-order valence-corrected chi connectivity index (χ3v) is 3.94. The van der Waals surface area contributed by atoms with E-state index < -0.39 is 0 Å². The number of rotatable bonds is 6. The van der Waals surface area contributed by atoms with Crippen LogP contribution >= 0.6 is 11.3 Å². The predicted octanol–water partition coefficient (Wildman–Crippen LogP) is 2.88. The van der Waals surface area contributed by atoms with E-state index in [9.17, 15) is 14.4 Å². The molecule has 1 heterocycles. The van der Waals surface area contributed by atoms with E-state index in [-0.39, 0.29) is 30.1 Å². The smallest absolute Gasteiger partial charge is 0.230 e. The van der Waals surface area contributed by atoms with E-state index >= 15 is 0 Å². The number of thiazole rings is 1. The van der Waals surface area contributed by atoms with Gasteiger partial charge in [0.05, 0.1) is 12.1 Å². The van der Waals surface area contributed by atoms with Crippen molar-refractivity contribution in [3.8, 4) is 0 Å². The molecule has 0 spiro atoms. The third kappa shape index (κ3) is 6.00. The highest BCUT2D eigenvalue weighted by Gasteiger charge is 2.12. The van der Waals surface area contributed by atoms with Crippen LogP contribution in [0, 0.1) is 5.92 Å². The second kappa shape index (κ2) is 8.39. The predicted molar refractivity (Wildman–Crippen MR) is 98.7 cm³/mol. The first-order valence-electron chi connectivity index (χ1n) is 7.76. The molecule has 0 aliphatic heterocycles. The van der Waals surface area contributed by atoms with Gasteiger partial charge < -0.3 is 16.0 Å². The fourth-order valence-corrected chi connectivity index (χ4v) is 2.62. The van der Waals surface area contributed by atoms with Crippen LogP contribution in [0.2, 0.25) is 0 Å². The van der Waals surface area contributed by atoms with Gasteiger partial charge in [-0.25, -0.2) is 4.98 Å². The number of amides is 3. The second-order valence-electron chi connectivity index (χ2n) is 5.77. The molecule has 0 saturated heterocycles. The minimum atomic E-state index is -0.209. The maximum atomic E-state index is 12.1. The molecule has 1 aromatic heterocycles. The van der Waals surface area contributed by atoms with Gasteiger partial charge in [-0.05, 0) is 24.3 Å². The SMILES string of the molecule is CC(=O)Nc1ccc(NC(=O)Cc2csc(NC(=O)C(C)C)n2)cc1. The van der Waals surface area contributed by atoms with Crippen molar-refractivity contribution in [2.24, 2.45) is 5.92 Å². The monoisotopic (exact) mass is 360 g/mol. The molecule has 8 heteroatoms. The summed E-state index contributed by atoms with van der Waals surface area (Å²) in [6.07, 6.45) is 0.113. The number of carbonyl (C=O) groups excluding carboxylic acids is 3. The molecule has 0 aliphatic rings. The number of hydrogen-bond acceptors (Lipinski definition) is 5. The van der Waals surface area contributed by atoms with Crippen molar-refractivity contribution in [1.29, 1.82) is 0 Å². The second-order valence-corrected chi connectivity index (χ2v) is 6.63. The molecule has 0 atom stereocenters. The fourth-order valence-electron chi connectivity index (χ4n) is 1.91. The first-order chi connectivity index (χ1) is 11.8. The summed E-state index contributed by atoms with van der Waals surface area (Å²) >= 11 is 1.29. The summed E-state index contributed by atoms with van der Waals surface area (Å²) in [5, 5.41) is 10.4. The maximum Gasteiger partial charge on any atom is 0.230 e. The molecular weight excluding hydrogens is 340 g/mol. The molecule has 3 N–H and O–H groups in total. The summed E-state index contributed by atoms with van der Waals surface area (Å²) in [6.45, 7) is 5.03. The molecule has 132 valence electrons. The van der Waals surface area contributed by atoms with Gasteiger partial charge in [0.25, 0.3) is 0 Å². The van der Waals surface area contributed by atoms with Crippen molar-refractivity contribution < 1.29 is 14.4 Å². The van der Waals surface area contributed by atoms with Gasteiger partial charge in [0.2, 0.25) is 17.7 Å². The van der Waals surface area contributed by atoms with Gasteiger partial charge in [-0.2, -0.15) is 0 Å². The normalized spacial score (nSPS) is 10.4. The van der Waals surface area contributed by atoms with E-state index in [0.29, 0.717) is 22.2 Å². The molecule has 7 nitrogen and oxygen atoms in total. The quantitative estimate of drug-likeness (QED) is 0.737. The Kier molecular flexibility index (Phi) is 6.24. The van der Waals surface area contributed by atoms with E-state index in [4.69, 9.17) is 0 Å². The lowest BCUT2D eigenvalue weighted by molar-refractivity contribution is -0.119. The Morgan fingerprint density at radius 1 is 1.04 bits per heavy atom. The van der Waals surface area contributed by atoms with E-state index in [1.165, 1.54) is 18.3 Å². The van der Waals surface area contributed by atoms with Gasteiger partial charge in [-0.3, -0.25) is 14.4 Å². The van der Waals surface area contributed by atoms with Gasteiger partial charge in [0.15, 0.2) is 5.13 Å². The van der Waals surface area contributed by atoms with Crippen LogP contribution in [0.1, 0.15) is 26.5 Å². The highest BCUT2D eigenvalue weighted by Crippen LogP contribution is 2.18. The number of anilines is 3. The molecule has 1 aromatic carbocycles. The number of carbonyl (C=O) groups is 3. The van der Waals surface area contributed by atoms with E-state index in [0.717, 1.165) is 0 Å². The first-order valence-corrected chi connectivity index (χ1v) is 8.64. The van der Waals surface area contributed by atoms with E-state index in [1.54, 1.807) is 43.5 Å². The molecule has 2 rings (SSSR count). The maximum absolute atomic E-state index is 12.1. The summed E-state index contributed by atoms with van der Waals surface area (Å²) in [5.74, 6) is -0.597. The zero-order valence-electron chi connectivity index (χ0n) is 14.3. The molecule has 0 saturated carbocycles. The molecule has 2 aromatic rings. The largest absolute Gasteiger partial charge is 0.326 e. The van der Waals surface area contributed by atoms with Crippen LogP contribution in [0.4, 0.5) is 16.5 Å². The summed E-state index contributed by atoms with van der Waals surface area (Å²) in [6, 6.07) is 6.83. The molecule has 0 aliphatic carbocycles. The van der Waals surface area contributed by atoms with Crippen molar-refractivity contribution in [3.63, 3.8) is 0 Å². The van der Waals surface area contributed by atoms with Gasteiger partial charge in [-0.1, -0.05) is 13.8 Å². The zero-order valence-corrected chi connectivity index (χ0v) is 15.1. The summed E-state index contributed by atoms with van der Waals surface area (Å²) in [5.41, 5.74) is 1.88. The Hall–Kier alpha value is -2.74. The Morgan fingerprint density at radius 3 is 2.20 bits per heavy atom. The number of nitrogens with zero attached hydrogens (tertiary/aromatic N) is 1. The molecule has 0 radical (unpaired) electrons. The topological polar surface area (TPSA) is 100 Å². The molecule has 0 unspecified atom stereocenters. The highest BCUT2D eigenvalue weighted by atomic mass is 32.1. The van der Waals surface area contributed by atoms with Crippen molar-refractivity contribution in [2.45, 2.75) is 27.2 Å². The lowest BCUT2D eigenvalue weighted by atomic mass is 10.2. The number of hydrogen-bond donors (Lipinski definition) is 3. The molecule has 0 bridgehead atoms. The molecule has 3 amide bonds. The van der Waals surface area contributed by atoms with Crippen molar-refractivity contribution >= 4 is 45.6 Å². The third-order valence-electron chi connectivity index (χ3n) is 3.14. The minimum absolute atomic E-state index is 0.107. The van der Waals surface area contributed by atoms with Crippen molar-refractivity contribution in [1.82, 2.24) is 4.98 Å². The first kappa shape index (κ1) is 18.6. The zero-order chi connectivity index (χ0) is 18.4. The summed E-state index contributed by atoms with van der Waals surface area (Å²) in [7, 11) is 0. The van der Waals surface area contributed by atoms with Gasteiger partial charge in [0, 0.05) is 29.6 Å². The van der Waals surface area contributed by atoms with Crippen molar-refractivity contribution in [3.05, 3.63) is 35.3 Å². The van der Waals surface area contributed by atoms with E-state index in [1.807, 2.05) is 0 Å². The van der Waals surface area contributed by atoms with Crippen LogP contribution < -0.4 is 16.0 Å². The molecule has 0 fully saturated rings. The number of nitrogens with one attached hydrogen (secondary N) is 3. The highest BCUT2D eigenvalue weighted by molar-refractivity contribution is 7.13. The van der Waals surface area contributed by atoms with Crippen LogP contribution in [0.15, 0.2) is 29.6 Å². The van der Waals surface area contributed by atoms with Crippen LogP contribution in [0.3, 0.4) is 0 Å². The fraction of sp³-hybridized carbons (Fsp3) is 0.294. The van der Waals surface area contributed by atoms with Crippen LogP contribution in [-0.2, 0) is 20.8 Å². The van der Waals surface area contributed by atoms with Crippen LogP contribution in [0.25, 0.3) is 0 Å².